The number of hydrogen-bond donors (Lipinski definition) is 2. The molecule has 2 aromatic rings. The van der Waals surface area contributed by atoms with E-state index in [9.17, 15) is 0 Å². The van der Waals surface area contributed by atoms with E-state index in [1.165, 1.54) is 0 Å². The number of nitrogens with zero attached hydrogens (tertiary/aromatic N) is 1. The second-order valence-corrected chi connectivity index (χ2v) is 3.80. The molecule has 1 atom stereocenters. The van der Waals surface area contributed by atoms with Crippen LogP contribution in [0.15, 0.2) is 24.3 Å². The molecule has 0 bridgehead atoms. The largest absolute Gasteiger partial charge is 0.342 e. The van der Waals surface area contributed by atoms with Crippen LogP contribution in [0.5, 0.6) is 0 Å². The molecular formula is C12H17N3. The maximum absolute atomic E-state index is 4.61. The lowest BCUT2D eigenvalue weighted by molar-refractivity contribution is 0.587. The number of imidazole rings is 1. The Balaban J connectivity index is 2.34. The van der Waals surface area contributed by atoms with Crippen molar-refractivity contribution in [3.05, 3.63) is 30.1 Å². The molecule has 3 nitrogen and oxygen atoms in total. The molecule has 0 saturated heterocycles. The van der Waals surface area contributed by atoms with Gasteiger partial charge in [-0.25, -0.2) is 4.98 Å². The summed E-state index contributed by atoms with van der Waals surface area (Å²) < 4.78 is 0. The Hall–Kier alpha value is -1.35. The maximum Gasteiger partial charge on any atom is 0.111 e. The average molecular weight is 203 g/mol. The summed E-state index contributed by atoms with van der Waals surface area (Å²) in [7, 11) is 1.98. The van der Waals surface area contributed by atoms with Crippen LogP contribution in [0, 0.1) is 0 Å². The van der Waals surface area contributed by atoms with Crippen LogP contribution >= 0.6 is 0 Å². The van der Waals surface area contributed by atoms with E-state index in [2.05, 4.69) is 28.3 Å². The number of nitrogens with one attached hydrogen (secondary N) is 2. The van der Waals surface area contributed by atoms with E-state index < -0.39 is 0 Å². The molecule has 3 heteroatoms. The quantitative estimate of drug-likeness (QED) is 0.800. The highest BCUT2D eigenvalue weighted by Crippen LogP contribution is 2.19. The van der Waals surface area contributed by atoms with Gasteiger partial charge in [0.05, 0.1) is 11.0 Å². The Morgan fingerprint density at radius 3 is 2.87 bits per heavy atom. The summed E-state index contributed by atoms with van der Waals surface area (Å²) in [5.41, 5.74) is 2.18. The number of aromatic nitrogens is 2. The van der Waals surface area contributed by atoms with E-state index in [0.717, 1.165) is 29.8 Å². The normalized spacial score (nSPS) is 13.2. The van der Waals surface area contributed by atoms with Gasteiger partial charge in [0.15, 0.2) is 0 Å². The molecular weight excluding hydrogens is 186 g/mol. The molecule has 0 radical (unpaired) electrons. The summed E-state index contributed by atoms with van der Waals surface area (Å²) in [5.74, 6) is 1.57. The van der Waals surface area contributed by atoms with E-state index in [1.807, 2.05) is 25.2 Å². The highest BCUT2D eigenvalue weighted by Gasteiger charge is 2.12. The van der Waals surface area contributed by atoms with Crippen molar-refractivity contribution in [3.8, 4) is 0 Å². The minimum Gasteiger partial charge on any atom is -0.342 e. The van der Waals surface area contributed by atoms with Gasteiger partial charge < -0.3 is 10.3 Å². The van der Waals surface area contributed by atoms with Crippen LogP contribution in [0.25, 0.3) is 11.0 Å². The average Bonchev–Trinajstić information content (AvgIpc) is 2.69. The minimum atomic E-state index is 0.474. The summed E-state index contributed by atoms with van der Waals surface area (Å²) in [6, 6.07) is 8.16. The molecule has 0 saturated carbocycles. The van der Waals surface area contributed by atoms with Crippen LogP contribution in [0.1, 0.15) is 25.1 Å². The molecule has 1 aromatic heterocycles. The zero-order valence-corrected chi connectivity index (χ0v) is 9.25. The van der Waals surface area contributed by atoms with Gasteiger partial charge in [-0.1, -0.05) is 19.1 Å². The lowest BCUT2D eigenvalue weighted by atomic mass is 10.1. The van der Waals surface area contributed by atoms with Crippen molar-refractivity contribution >= 4 is 11.0 Å². The standard InChI is InChI=1S/C12H17N3/c1-3-9(8-13-2)12-14-10-6-4-5-7-11(10)15-12/h4-7,9,13H,3,8H2,1-2H3,(H,14,15). The van der Waals surface area contributed by atoms with Crippen LogP contribution in [-0.2, 0) is 0 Å². The summed E-state index contributed by atoms with van der Waals surface area (Å²) in [6.45, 7) is 3.16. The van der Waals surface area contributed by atoms with Gasteiger partial charge >= 0.3 is 0 Å². The lowest BCUT2D eigenvalue weighted by Crippen LogP contribution is -2.17. The molecule has 0 aliphatic carbocycles. The Kier molecular flexibility index (Phi) is 3.02. The third-order valence-electron chi connectivity index (χ3n) is 2.74. The van der Waals surface area contributed by atoms with Crippen molar-refractivity contribution in [2.75, 3.05) is 13.6 Å². The van der Waals surface area contributed by atoms with Crippen LogP contribution in [0.3, 0.4) is 0 Å². The molecule has 0 aliphatic rings. The van der Waals surface area contributed by atoms with Crippen LogP contribution in [-0.4, -0.2) is 23.6 Å². The van der Waals surface area contributed by atoms with Crippen molar-refractivity contribution < 1.29 is 0 Å². The zero-order chi connectivity index (χ0) is 10.7. The predicted octanol–water partition coefficient (Wildman–Crippen LogP) is 2.28. The van der Waals surface area contributed by atoms with Gasteiger partial charge in [0.2, 0.25) is 0 Å². The predicted molar refractivity (Wildman–Crippen MR) is 63.1 cm³/mol. The molecule has 1 aromatic carbocycles. The van der Waals surface area contributed by atoms with Gasteiger partial charge in [0, 0.05) is 12.5 Å². The van der Waals surface area contributed by atoms with E-state index in [-0.39, 0.29) is 0 Å². The fraction of sp³-hybridized carbons (Fsp3) is 0.417. The summed E-state index contributed by atoms with van der Waals surface area (Å²) in [4.78, 5) is 7.99. The van der Waals surface area contributed by atoms with Gasteiger partial charge in [-0.05, 0) is 25.6 Å². The molecule has 1 unspecified atom stereocenters. The number of H-pyrrole nitrogens is 1. The molecule has 2 N–H and O–H groups in total. The smallest absolute Gasteiger partial charge is 0.111 e. The van der Waals surface area contributed by atoms with Crippen LogP contribution < -0.4 is 5.32 Å². The third kappa shape index (κ3) is 2.02. The number of aromatic amines is 1. The van der Waals surface area contributed by atoms with Gasteiger partial charge in [-0.2, -0.15) is 0 Å². The van der Waals surface area contributed by atoms with E-state index in [1.54, 1.807) is 0 Å². The fourth-order valence-electron chi connectivity index (χ4n) is 1.85. The topological polar surface area (TPSA) is 40.7 Å². The van der Waals surface area contributed by atoms with E-state index in [0.29, 0.717) is 5.92 Å². The molecule has 0 amide bonds. The number of fused-ring (bicyclic) bond motifs is 1. The van der Waals surface area contributed by atoms with Gasteiger partial charge in [0.1, 0.15) is 5.82 Å². The summed E-state index contributed by atoms with van der Waals surface area (Å²) in [6.07, 6.45) is 1.10. The highest BCUT2D eigenvalue weighted by molar-refractivity contribution is 5.74. The minimum absolute atomic E-state index is 0.474. The van der Waals surface area contributed by atoms with Gasteiger partial charge in [-0.15, -0.1) is 0 Å². The highest BCUT2D eigenvalue weighted by atomic mass is 14.9. The van der Waals surface area contributed by atoms with Gasteiger partial charge in [0.25, 0.3) is 0 Å². The van der Waals surface area contributed by atoms with Crippen LogP contribution in [0.4, 0.5) is 0 Å². The second-order valence-electron chi connectivity index (χ2n) is 3.80. The second kappa shape index (κ2) is 4.45. The first-order chi connectivity index (χ1) is 7.35. The number of rotatable bonds is 4. The maximum atomic E-state index is 4.61. The van der Waals surface area contributed by atoms with Crippen molar-refractivity contribution in [3.63, 3.8) is 0 Å². The zero-order valence-electron chi connectivity index (χ0n) is 9.25. The first-order valence-electron chi connectivity index (χ1n) is 5.44. The Bertz CT molecular complexity index is 400. The lowest BCUT2D eigenvalue weighted by Gasteiger charge is -2.10. The Labute approximate surface area is 89.9 Å². The monoisotopic (exact) mass is 203 g/mol. The van der Waals surface area contributed by atoms with Crippen LogP contribution in [0.2, 0.25) is 0 Å². The number of para-hydroxylation sites is 2. The van der Waals surface area contributed by atoms with Crippen molar-refractivity contribution in [2.45, 2.75) is 19.3 Å². The number of hydrogen-bond acceptors (Lipinski definition) is 2. The van der Waals surface area contributed by atoms with E-state index in [4.69, 9.17) is 0 Å². The van der Waals surface area contributed by atoms with Crippen molar-refractivity contribution in [1.29, 1.82) is 0 Å². The molecule has 2 rings (SSSR count). The number of benzene rings is 1. The molecule has 0 spiro atoms. The first kappa shape index (κ1) is 10.2. The van der Waals surface area contributed by atoms with Crippen molar-refractivity contribution in [2.24, 2.45) is 0 Å². The Morgan fingerprint density at radius 2 is 2.20 bits per heavy atom. The summed E-state index contributed by atoms with van der Waals surface area (Å²) >= 11 is 0. The molecule has 15 heavy (non-hydrogen) atoms. The van der Waals surface area contributed by atoms with Crippen molar-refractivity contribution in [1.82, 2.24) is 15.3 Å². The molecule has 1 heterocycles. The molecule has 80 valence electrons. The van der Waals surface area contributed by atoms with Gasteiger partial charge in [-0.3, -0.25) is 0 Å². The fourth-order valence-corrected chi connectivity index (χ4v) is 1.85. The molecule has 0 fully saturated rings. The molecule has 0 aliphatic heterocycles. The summed E-state index contributed by atoms with van der Waals surface area (Å²) in [5, 5.41) is 3.20. The first-order valence-corrected chi connectivity index (χ1v) is 5.44. The third-order valence-corrected chi connectivity index (χ3v) is 2.74. The SMILES string of the molecule is CCC(CNC)c1nc2ccccc2[nH]1. The van der Waals surface area contributed by atoms with E-state index >= 15 is 0 Å². The number of likely N-dealkylation sites (N-methyl/N-ethyl adjacent to an activating group) is 1. The Morgan fingerprint density at radius 1 is 1.40 bits per heavy atom.